The van der Waals surface area contributed by atoms with Gasteiger partial charge in [0.25, 0.3) is 0 Å². The number of hydrogen-bond acceptors (Lipinski definition) is 2. The van der Waals surface area contributed by atoms with Gasteiger partial charge in [-0.3, -0.25) is 0 Å². The average Bonchev–Trinajstić information content (AvgIpc) is 2.78. The van der Waals surface area contributed by atoms with E-state index in [-0.39, 0.29) is 11.9 Å². The van der Waals surface area contributed by atoms with E-state index in [1.54, 1.807) is 0 Å². The van der Waals surface area contributed by atoms with Crippen molar-refractivity contribution in [3.05, 3.63) is 29.6 Å². The van der Waals surface area contributed by atoms with Crippen LogP contribution in [0.1, 0.15) is 54.3 Å². The lowest BCUT2D eigenvalue weighted by Crippen LogP contribution is -2.18. The van der Waals surface area contributed by atoms with Crippen LogP contribution in [0.15, 0.2) is 18.2 Å². The Balaban J connectivity index is 2.20. The average molecular weight is 258 g/mol. The van der Waals surface area contributed by atoms with Gasteiger partial charge in [0.2, 0.25) is 5.82 Å². The molecule has 100 valence electrons. The number of aryl methyl sites for hydroxylation is 1. The van der Waals surface area contributed by atoms with Crippen molar-refractivity contribution in [1.29, 1.82) is 0 Å². The van der Waals surface area contributed by atoms with Crippen LogP contribution in [-0.2, 0) is 0 Å². The number of aromatic nitrogens is 2. The number of carboxylic acids is 1. The summed E-state index contributed by atoms with van der Waals surface area (Å²) >= 11 is 0. The Morgan fingerprint density at radius 2 is 2.05 bits per heavy atom. The fraction of sp³-hybridized carbons (Fsp3) is 0.467. The van der Waals surface area contributed by atoms with Crippen LogP contribution in [0.25, 0.3) is 11.0 Å². The Bertz CT molecular complexity index is 624. The zero-order valence-electron chi connectivity index (χ0n) is 11.1. The first-order chi connectivity index (χ1) is 9.16. The van der Waals surface area contributed by atoms with Gasteiger partial charge in [-0.1, -0.05) is 25.3 Å². The molecular weight excluding hydrogens is 240 g/mol. The van der Waals surface area contributed by atoms with Gasteiger partial charge >= 0.3 is 5.97 Å². The number of aromatic carboxylic acids is 1. The predicted octanol–water partition coefficient (Wildman–Crippen LogP) is 3.55. The highest BCUT2D eigenvalue weighted by molar-refractivity contribution is 5.90. The number of benzene rings is 1. The van der Waals surface area contributed by atoms with Crippen LogP contribution in [0.2, 0.25) is 0 Å². The van der Waals surface area contributed by atoms with Gasteiger partial charge in [-0.15, -0.1) is 0 Å². The molecule has 1 fully saturated rings. The molecule has 19 heavy (non-hydrogen) atoms. The molecule has 0 aliphatic heterocycles. The molecule has 0 saturated heterocycles. The molecule has 4 nitrogen and oxygen atoms in total. The lowest BCUT2D eigenvalue weighted by molar-refractivity contribution is 0.0674. The molecule has 0 unspecified atom stereocenters. The van der Waals surface area contributed by atoms with Gasteiger partial charge < -0.3 is 9.67 Å². The fourth-order valence-corrected chi connectivity index (χ4v) is 3.06. The second-order valence-electron chi connectivity index (χ2n) is 5.39. The quantitative estimate of drug-likeness (QED) is 0.896. The molecule has 3 rings (SSSR count). The van der Waals surface area contributed by atoms with Crippen LogP contribution in [-0.4, -0.2) is 20.6 Å². The topological polar surface area (TPSA) is 55.1 Å². The van der Waals surface area contributed by atoms with Crippen LogP contribution in [0.5, 0.6) is 0 Å². The van der Waals surface area contributed by atoms with Crippen molar-refractivity contribution < 1.29 is 9.90 Å². The molecule has 0 atom stereocenters. The number of carbonyl (C=O) groups is 1. The van der Waals surface area contributed by atoms with E-state index in [1.165, 1.54) is 19.3 Å². The van der Waals surface area contributed by atoms with Gasteiger partial charge in [0.1, 0.15) is 0 Å². The van der Waals surface area contributed by atoms with E-state index in [2.05, 4.69) is 4.98 Å². The summed E-state index contributed by atoms with van der Waals surface area (Å²) in [6.07, 6.45) is 5.72. The van der Waals surface area contributed by atoms with Crippen molar-refractivity contribution in [3.8, 4) is 0 Å². The Labute approximate surface area is 112 Å². The summed E-state index contributed by atoms with van der Waals surface area (Å²) in [4.78, 5) is 15.7. The second-order valence-corrected chi connectivity index (χ2v) is 5.39. The number of fused-ring (bicyclic) bond motifs is 1. The van der Waals surface area contributed by atoms with Crippen molar-refractivity contribution in [2.24, 2.45) is 0 Å². The summed E-state index contributed by atoms with van der Waals surface area (Å²) in [5, 5.41) is 9.38. The smallest absolute Gasteiger partial charge is 0.372 e. The van der Waals surface area contributed by atoms with Crippen LogP contribution in [0.4, 0.5) is 0 Å². The van der Waals surface area contributed by atoms with E-state index in [1.807, 2.05) is 29.7 Å². The third kappa shape index (κ3) is 2.11. The SMILES string of the molecule is Cc1ccc2nc(C(=O)O)n(C3CCCCC3)c2c1. The summed E-state index contributed by atoms with van der Waals surface area (Å²) in [5.41, 5.74) is 2.89. The maximum absolute atomic E-state index is 11.4. The Hall–Kier alpha value is -1.84. The van der Waals surface area contributed by atoms with Crippen molar-refractivity contribution in [2.45, 2.75) is 45.1 Å². The lowest BCUT2D eigenvalue weighted by Gasteiger charge is -2.24. The minimum absolute atomic E-state index is 0.188. The highest BCUT2D eigenvalue weighted by Crippen LogP contribution is 2.32. The zero-order chi connectivity index (χ0) is 13.4. The van der Waals surface area contributed by atoms with Gasteiger partial charge in [0.15, 0.2) is 0 Å². The highest BCUT2D eigenvalue weighted by Gasteiger charge is 2.24. The van der Waals surface area contributed by atoms with E-state index in [0.717, 1.165) is 29.4 Å². The van der Waals surface area contributed by atoms with Crippen LogP contribution in [0, 0.1) is 6.92 Å². The van der Waals surface area contributed by atoms with Crippen molar-refractivity contribution in [2.75, 3.05) is 0 Å². The molecule has 1 heterocycles. The zero-order valence-corrected chi connectivity index (χ0v) is 11.1. The van der Waals surface area contributed by atoms with Crippen molar-refractivity contribution in [1.82, 2.24) is 9.55 Å². The highest BCUT2D eigenvalue weighted by atomic mass is 16.4. The molecule has 1 N–H and O–H groups in total. The van der Waals surface area contributed by atoms with Crippen LogP contribution in [0.3, 0.4) is 0 Å². The Morgan fingerprint density at radius 1 is 1.32 bits per heavy atom. The number of carboxylic acid groups (broad SMARTS) is 1. The van der Waals surface area contributed by atoms with Crippen LogP contribution >= 0.6 is 0 Å². The first kappa shape index (κ1) is 12.2. The van der Waals surface area contributed by atoms with Gasteiger partial charge in [-0.2, -0.15) is 0 Å². The number of nitrogens with zero attached hydrogens (tertiary/aromatic N) is 2. The normalized spacial score (nSPS) is 16.9. The molecule has 2 aromatic rings. The molecule has 1 saturated carbocycles. The third-order valence-corrected chi connectivity index (χ3v) is 3.98. The van der Waals surface area contributed by atoms with Gasteiger partial charge in [0, 0.05) is 6.04 Å². The summed E-state index contributed by atoms with van der Waals surface area (Å²) in [7, 11) is 0. The predicted molar refractivity (Wildman–Crippen MR) is 73.6 cm³/mol. The van der Waals surface area contributed by atoms with E-state index >= 15 is 0 Å². The van der Waals surface area contributed by atoms with Crippen LogP contribution < -0.4 is 0 Å². The molecule has 0 radical (unpaired) electrons. The first-order valence-electron chi connectivity index (χ1n) is 6.88. The van der Waals surface area contributed by atoms with E-state index < -0.39 is 5.97 Å². The van der Waals surface area contributed by atoms with Gasteiger partial charge in [0.05, 0.1) is 11.0 Å². The molecule has 1 aromatic carbocycles. The second kappa shape index (κ2) is 4.68. The van der Waals surface area contributed by atoms with E-state index in [9.17, 15) is 9.90 Å². The fourth-order valence-electron chi connectivity index (χ4n) is 3.06. The maximum Gasteiger partial charge on any atom is 0.372 e. The molecule has 0 spiro atoms. The molecule has 1 aliphatic carbocycles. The molecule has 0 bridgehead atoms. The standard InChI is InChI=1S/C15H18N2O2/c1-10-7-8-12-13(9-10)17(14(16-12)15(18)19)11-5-3-2-4-6-11/h7-9,11H,2-6H2,1H3,(H,18,19). The monoisotopic (exact) mass is 258 g/mol. The largest absolute Gasteiger partial charge is 0.475 e. The minimum atomic E-state index is -0.931. The van der Waals surface area contributed by atoms with E-state index in [4.69, 9.17) is 0 Å². The number of imidazole rings is 1. The van der Waals surface area contributed by atoms with E-state index in [0.29, 0.717) is 0 Å². The van der Waals surface area contributed by atoms with Gasteiger partial charge in [-0.25, -0.2) is 9.78 Å². The summed E-state index contributed by atoms with van der Waals surface area (Å²) in [5.74, 6) is -0.744. The summed E-state index contributed by atoms with van der Waals surface area (Å²) in [6.45, 7) is 2.03. The number of rotatable bonds is 2. The third-order valence-electron chi connectivity index (χ3n) is 3.98. The first-order valence-corrected chi connectivity index (χ1v) is 6.88. The lowest BCUT2D eigenvalue weighted by atomic mass is 9.95. The maximum atomic E-state index is 11.4. The van der Waals surface area contributed by atoms with Crippen molar-refractivity contribution in [3.63, 3.8) is 0 Å². The molecule has 0 amide bonds. The molecular formula is C15H18N2O2. The minimum Gasteiger partial charge on any atom is -0.475 e. The Kier molecular flexibility index (Phi) is 3.01. The molecule has 4 heteroatoms. The Morgan fingerprint density at radius 3 is 2.74 bits per heavy atom. The van der Waals surface area contributed by atoms with Gasteiger partial charge in [-0.05, 0) is 37.5 Å². The number of hydrogen-bond donors (Lipinski definition) is 1. The molecule has 1 aliphatic rings. The van der Waals surface area contributed by atoms with Crippen molar-refractivity contribution >= 4 is 17.0 Å². The summed E-state index contributed by atoms with van der Waals surface area (Å²) < 4.78 is 1.95. The summed E-state index contributed by atoms with van der Waals surface area (Å²) in [6, 6.07) is 6.22. The molecule has 1 aromatic heterocycles.